The van der Waals surface area contributed by atoms with E-state index in [2.05, 4.69) is 46.4 Å². The second kappa shape index (κ2) is 6.49. The Morgan fingerprint density at radius 3 is 2.40 bits per heavy atom. The molecule has 0 saturated carbocycles. The summed E-state index contributed by atoms with van der Waals surface area (Å²) in [5.74, 6) is 0. The molecule has 3 heteroatoms. The molecule has 3 nitrogen and oxygen atoms in total. The van der Waals surface area contributed by atoms with Crippen LogP contribution in [0.1, 0.15) is 32.1 Å². The van der Waals surface area contributed by atoms with Crippen molar-refractivity contribution in [3.63, 3.8) is 0 Å². The summed E-state index contributed by atoms with van der Waals surface area (Å²) in [4.78, 5) is 4.98. The second-order valence-electron chi connectivity index (χ2n) is 6.25. The molecule has 0 aromatic heterocycles. The summed E-state index contributed by atoms with van der Waals surface area (Å²) in [6.45, 7) is 4.76. The smallest absolute Gasteiger partial charge is 0.0367 e. The summed E-state index contributed by atoms with van der Waals surface area (Å²) in [7, 11) is 2.23. The zero-order valence-electron chi connectivity index (χ0n) is 12.6. The van der Waals surface area contributed by atoms with Gasteiger partial charge in [0.2, 0.25) is 0 Å². The van der Waals surface area contributed by atoms with Crippen LogP contribution in [0.5, 0.6) is 0 Å². The van der Waals surface area contributed by atoms with Gasteiger partial charge in [-0.25, -0.2) is 0 Å². The van der Waals surface area contributed by atoms with E-state index in [0.717, 1.165) is 6.54 Å². The molecule has 0 amide bonds. The average molecular weight is 273 g/mol. The predicted octanol–water partition coefficient (Wildman–Crippen LogP) is 3.18. The third-order valence-electron chi connectivity index (χ3n) is 4.80. The van der Waals surface area contributed by atoms with Crippen molar-refractivity contribution in [2.75, 3.05) is 43.4 Å². The molecule has 1 unspecified atom stereocenters. The lowest BCUT2D eigenvalue weighted by molar-refractivity contribution is 0.322. The molecule has 0 aliphatic carbocycles. The van der Waals surface area contributed by atoms with Gasteiger partial charge in [-0.2, -0.15) is 0 Å². The Hall–Kier alpha value is -1.22. The fourth-order valence-corrected chi connectivity index (χ4v) is 3.42. The summed E-state index contributed by atoms with van der Waals surface area (Å²) < 4.78 is 0. The number of nitrogens with one attached hydrogen (secondary N) is 1. The van der Waals surface area contributed by atoms with Gasteiger partial charge >= 0.3 is 0 Å². The number of benzene rings is 1. The minimum Gasteiger partial charge on any atom is -0.383 e. The van der Waals surface area contributed by atoms with Crippen molar-refractivity contribution in [2.24, 2.45) is 0 Å². The van der Waals surface area contributed by atoms with Crippen molar-refractivity contribution < 1.29 is 0 Å². The molecule has 3 rings (SSSR count). The van der Waals surface area contributed by atoms with Gasteiger partial charge in [-0.1, -0.05) is 0 Å². The van der Waals surface area contributed by atoms with Crippen molar-refractivity contribution in [2.45, 2.75) is 38.1 Å². The zero-order chi connectivity index (χ0) is 13.8. The topological polar surface area (TPSA) is 18.5 Å². The van der Waals surface area contributed by atoms with Gasteiger partial charge in [0.1, 0.15) is 0 Å². The van der Waals surface area contributed by atoms with Crippen LogP contribution in [0.15, 0.2) is 24.3 Å². The van der Waals surface area contributed by atoms with E-state index in [1.807, 2.05) is 0 Å². The second-order valence-corrected chi connectivity index (χ2v) is 6.25. The average Bonchev–Trinajstić information content (AvgIpc) is 2.92. The Morgan fingerprint density at radius 2 is 1.75 bits per heavy atom. The normalized spacial score (nSPS) is 24.1. The van der Waals surface area contributed by atoms with Gasteiger partial charge in [-0.3, -0.25) is 0 Å². The van der Waals surface area contributed by atoms with E-state index in [1.165, 1.54) is 63.1 Å². The van der Waals surface area contributed by atoms with Gasteiger partial charge in [0, 0.05) is 37.1 Å². The SMILES string of the molecule is CN1CCCC1CNc1ccc(N2CCCCC2)cc1. The van der Waals surface area contributed by atoms with Crippen LogP contribution in [0.25, 0.3) is 0 Å². The quantitative estimate of drug-likeness (QED) is 0.909. The maximum Gasteiger partial charge on any atom is 0.0367 e. The molecule has 0 spiro atoms. The Balaban J connectivity index is 1.53. The van der Waals surface area contributed by atoms with E-state index in [-0.39, 0.29) is 0 Å². The van der Waals surface area contributed by atoms with Crippen LogP contribution in [0.4, 0.5) is 11.4 Å². The minimum absolute atomic E-state index is 0.705. The highest BCUT2D eigenvalue weighted by molar-refractivity contribution is 5.55. The third-order valence-corrected chi connectivity index (χ3v) is 4.80. The summed E-state index contributed by atoms with van der Waals surface area (Å²) in [6.07, 6.45) is 6.75. The summed E-state index contributed by atoms with van der Waals surface area (Å²) in [6, 6.07) is 9.72. The molecule has 2 heterocycles. The van der Waals surface area contributed by atoms with Crippen molar-refractivity contribution in [1.82, 2.24) is 4.90 Å². The van der Waals surface area contributed by atoms with Crippen LogP contribution in [0.3, 0.4) is 0 Å². The monoisotopic (exact) mass is 273 g/mol. The van der Waals surface area contributed by atoms with Crippen LogP contribution in [-0.2, 0) is 0 Å². The Morgan fingerprint density at radius 1 is 1.00 bits per heavy atom. The largest absolute Gasteiger partial charge is 0.383 e. The van der Waals surface area contributed by atoms with Gasteiger partial charge in [0.25, 0.3) is 0 Å². The van der Waals surface area contributed by atoms with E-state index in [1.54, 1.807) is 0 Å². The number of likely N-dealkylation sites (N-methyl/N-ethyl adjacent to an activating group) is 1. The highest BCUT2D eigenvalue weighted by Gasteiger charge is 2.20. The number of rotatable bonds is 4. The van der Waals surface area contributed by atoms with Crippen molar-refractivity contribution in [3.8, 4) is 0 Å². The molecular formula is C17H27N3. The maximum absolute atomic E-state index is 3.59. The van der Waals surface area contributed by atoms with Crippen molar-refractivity contribution >= 4 is 11.4 Å². The summed E-state index contributed by atoms with van der Waals surface area (Å²) in [5, 5.41) is 3.59. The van der Waals surface area contributed by atoms with Gasteiger partial charge in [0.15, 0.2) is 0 Å². The lowest BCUT2D eigenvalue weighted by Gasteiger charge is -2.29. The molecule has 2 saturated heterocycles. The van der Waals surface area contributed by atoms with Crippen LogP contribution >= 0.6 is 0 Å². The molecule has 1 atom stereocenters. The van der Waals surface area contributed by atoms with Gasteiger partial charge < -0.3 is 15.1 Å². The fourth-order valence-electron chi connectivity index (χ4n) is 3.42. The first-order valence-electron chi connectivity index (χ1n) is 8.12. The van der Waals surface area contributed by atoms with Crippen LogP contribution in [-0.4, -0.2) is 44.2 Å². The molecule has 0 radical (unpaired) electrons. The first-order chi connectivity index (χ1) is 9.83. The first kappa shape index (κ1) is 13.7. The van der Waals surface area contributed by atoms with E-state index in [4.69, 9.17) is 0 Å². The molecule has 1 aromatic carbocycles. The van der Waals surface area contributed by atoms with Crippen LogP contribution in [0, 0.1) is 0 Å². The minimum atomic E-state index is 0.705. The lowest BCUT2D eigenvalue weighted by Crippen LogP contribution is -2.31. The van der Waals surface area contributed by atoms with E-state index >= 15 is 0 Å². The highest BCUT2D eigenvalue weighted by Crippen LogP contribution is 2.22. The van der Waals surface area contributed by atoms with E-state index in [9.17, 15) is 0 Å². The Kier molecular flexibility index (Phi) is 4.46. The number of hydrogen-bond donors (Lipinski definition) is 1. The number of likely N-dealkylation sites (tertiary alicyclic amines) is 1. The van der Waals surface area contributed by atoms with Crippen LogP contribution < -0.4 is 10.2 Å². The highest BCUT2D eigenvalue weighted by atomic mass is 15.2. The zero-order valence-corrected chi connectivity index (χ0v) is 12.6. The number of nitrogens with zero attached hydrogens (tertiary/aromatic N) is 2. The Bertz CT molecular complexity index is 409. The molecule has 2 fully saturated rings. The van der Waals surface area contributed by atoms with Gasteiger partial charge in [-0.05, 0) is 70.0 Å². The fraction of sp³-hybridized carbons (Fsp3) is 0.647. The lowest BCUT2D eigenvalue weighted by atomic mass is 10.1. The predicted molar refractivity (Wildman–Crippen MR) is 86.6 cm³/mol. The molecule has 2 aliphatic heterocycles. The molecular weight excluding hydrogens is 246 g/mol. The summed E-state index contributed by atoms with van der Waals surface area (Å²) >= 11 is 0. The number of piperidine rings is 1. The van der Waals surface area contributed by atoms with E-state index in [0.29, 0.717) is 6.04 Å². The Labute approximate surface area is 123 Å². The summed E-state index contributed by atoms with van der Waals surface area (Å²) in [5.41, 5.74) is 2.64. The van der Waals surface area contributed by atoms with Gasteiger partial charge in [0.05, 0.1) is 0 Å². The van der Waals surface area contributed by atoms with Crippen molar-refractivity contribution in [3.05, 3.63) is 24.3 Å². The molecule has 20 heavy (non-hydrogen) atoms. The maximum atomic E-state index is 3.59. The first-order valence-corrected chi connectivity index (χ1v) is 8.12. The number of hydrogen-bond acceptors (Lipinski definition) is 3. The molecule has 2 aliphatic rings. The standard InChI is InChI=1S/C17H27N3/c1-19-11-5-6-17(19)14-18-15-7-9-16(10-8-15)20-12-3-2-4-13-20/h7-10,17-18H,2-6,11-14H2,1H3. The van der Waals surface area contributed by atoms with Crippen molar-refractivity contribution in [1.29, 1.82) is 0 Å². The molecule has 1 aromatic rings. The van der Waals surface area contributed by atoms with E-state index < -0.39 is 0 Å². The van der Waals surface area contributed by atoms with Gasteiger partial charge in [-0.15, -0.1) is 0 Å². The van der Waals surface area contributed by atoms with Crippen LogP contribution in [0.2, 0.25) is 0 Å². The third kappa shape index (κ3) is 3.26. The molecule has 110 valence electrons. The number of anilines is 2. The molecule has 0 bridgehead atoms. The molecule has 1 N–H and O–H groups in total.